The van der Waals surface area contributed by atoms with Gasteiger partial charge in [0.2, 0.25) is 0 Å². The fourth-order valence-electron chi connectivity index (χ4n) is 2.23. The summed E-state index contributed by atoms with van der Waals surface area (Å²) in [5.74, 6) is -0.530. The summed E-state index contributed by atoms with van der Waals surface area (Å²) in [4.78, 5) is 13.4. The summed E-state index contributed by atoms with van der Waals surface area (Å²) in [5, 5.41) is 17.7. The van der Waals surface area contributed by atoms with Crippen molar-refractivity contribution in [2.45, 2.75) is 33.1 Å². The average molecular weight is 224 g/mol. The SMILES string of the molecule is CC(C)(C(=O)O)C1CCCN(CCC#N)C1. The molecular formula is C12H20N2O2. The third kappa shape index (κ3) is 2.96. The Bertz CT molecular complexity index is 294. The van der Waals surface area contributed by atoms with Gasteiger partial charge in [-0.25, -0.2) is 0 Å². The Labute approximate surface area is 96.9 Å². The zero-order valence-electron chi connectivity index (χ0n) is 10.1. The number of piperidine rings is 1. The van der Waals surface area contributed by atoms with E-state index in [4.69, 9.17) is 5.26 Å². The Balaban J connectivity index is 2.57. The molecule has 1 heterocycles. The van der Waals surface area contributed by atoms with E-state index in [-0.39, 0.29) is 5.92 Å². The smallest absolute Gasteiger partial charge is 0.309 e. The topological polar surface area (TPSA) is 64.3 Å². The second-order valence-corrected chi connectivity index (χ2v) is 5.07. The van der Waals surface area contributed by atoms with Gasteiger partial charge < -0.3 is 10.0 Å². The van der Waals surface area contributed by atoms with Gasteiger partial charge in [0.25, 0.3) is 0 Å². The molecule has 0 bridgehead atoms. The fraction of sp³-hybridized carbons (Fsp3) is 0.833. The van der Waals surface area contributed by atoms with E-state index in [2.05, 4.69) is 11.0 Å². The lowest BCUT2D eigenvalue weighted by atomic mass is 9.74. The number of nitriles is 1. The Kier molecular flexibility index (Phi) is 4.31. The van der Waals surface area contributed by atoms with Crippen molar-refractivity contribution in [3.63, 3.8) is 0 Å². The number of nitrogens with zero attached hydrogens (tertiary/aromatic N) is 2. The molecule has 4 nitrogen and oxygen atoms in total. The minimum absolute atomic E-state index is 0.192. The lowest BCUT2D eigenvalue weighted by Gasteiger charge is -2.39. The van der Waals surface area contributed by atoms with Crippen molar-refractivity contribution >= 4 is 5.97 Å². The first-order chi connectivity index (χ1) is 7.48. The van der Waals surface area contributed by atoms with Gasteiger partial charge in [0, 0.05) is 19.5 Å². The molecule has 1 fully saturated rings. The van der Waals surface area contributed by atoms with Crippen LogP contribution in [-0.2, 0) is 4.79 Å². The molecule has 4 heteroatoms. The van der Waals surface area contributed by atoms with Gasteiger partial charge in [-0.05, 0) is 39.2 Å². The van der Waals surface area contributed by atoms with Crippen LogP contribution in [-0.4, -0.2) is 35.6 Å². The quantitative estimate of drug-likeness (QED) is 0.789. The van der Waals surface area contributed by atoms with Crippen LogP contribution in [0.5, 0.6) is 0 Å². The van der Waals surface area contributed by atoms with Crippen molar-refractivity contribution in [2.75, 3.05) is 19.6 Å². The van der Waals surface area contributed by atoms with E-state index in [0.717, 1.165) is 32.5 Å². The summed E-state index contributed by atoms with van der Waals surface area (Å²) < 4.78 is 0. The standard InChI is InChI=1S/C12H20N2O2/c1-12(2,11(15)16)10-5-3-7-14(9-10)8-4-6-13/h10H,3-5,7-9H2,1-2H3,(H,15,16). The van der Waals surface area contributed by atoms with E-state index in [1.807, 2.05) is 0 Å². The lowest BCUT2D eigenvalue weighted by Crippen LogP contribution is -2.44. The second kappa shape index (κ2) is 5.31. The molecule has 1 atom stereocenters. The lowest BCUT2D eigenvalue weighted by molar-refractivity contribution is -0.151. The van der Waals surface area contributed by atoms with Crippen LogP contribution in [0.4, 0.5) is 0 Å². The van der Waals surface area contributed by atoms with E-state index < -0.39 is 11.4 Å². The molecule has 0 radical (unpaired) electrons. The summed E-state index contributed by atoms with van der Waals surface area (Å²) in [5.41, 5.74) is -0.661. The van der Waals surface area contributed by atoms with Crippen molar-refractivity contribution in [3.05, 3.63) is 0 Å². The van der Waals surface area contributed by atoms with E-state index in [0.29, 0.717) is 6.42 Å². The molecule has 0 aliphatic carbocycles. The number of hydrogen-bond donors (Lipinski definition) is 1. The van der Waals surface area contributed by atoms with Crippen molar-refractivity contribution in [1.82, 2.24) is 4.90 Å². The Morgan fingerprint density at radius 1 is 1.62 bits per heavy atom. The Hall–Kier alpha value is -1.08. The predicted molar refractivity (Wildman–Crippen MR) is 60.8 cm³/mol. The minimum Gasteiger partial charge on any atom is -0.481 e. The van der Waals surface area contributed by atoms with Gasteiger partial charge in [0.05, 0.1) is 11.5 Å². The Morgan fingerprint density at radius 3 is 2.88 bits per heavy atom. The third-order valence-corrected chi connectivity index (χ3v) is 3.62. The number of carboxylic acids is 1. The zero-order valence-corrected chi connectivity index (χ0v) is 10.1. The highest BCUT2D eigenvalue weighted by Gasteiger charge is 2.38. The fourth-order valence-corrected chi connectivity index (χ4v) is 2.23. The number of carbonyl (C=O) groups is 1. The largest absolute Gasteiger partial charge is 0.481 e. The highest BCUT2D eigenvalue weighted by molar-refractivity contribution is 5.74. The van der Waals surface area contributed by atoms with Crippen molar-refractivity contribution in [3.8, 4) is 6.07 Å². The highest BCUT2D eigenvalue weighted by Crippen LogP contribution is 2.34. The molecule has 1 aliphatic heterocycles. The van der Waals surface area contributed by atoms with Crippen LogP contribution in [0.15, 0.2) is 0 Å². The first-order valence-corrected chi connectivity index (χ1v) is 5.81. The molecule has 16 heavy (non-hydrogen) atoms. The first kappa shape index (κ1) is 13.0. The summed E-state index contributed by atoms with van der Waals surface area (Å²) in [6.45, 7) is 6.17. The molecule has 1 saturated heterocycles. The molecule has 0 saturated carbocycles. The maximum atomic E-state index is 11.2. The number of carboxylic acid groups (broad SMARTS) is 1. The van der Waals surface area contributed by atoms with E-state index in [1.165, 1.54) is 0 Å². The molecular weight excluding hydrogens is 204 g/mol. The molecule has 0 aromatic carbocycles. The highest BCUT2D eigenvalue weighted by atomic mass is 16.4. The molecule has 90 valence electrons. The van der Waals surface area contributed by atoms with Crippen LogP contribution in [0.3, 0.4) is 0 Å². The normalized spacial score (nSPS) is 22.7. The van der Waals surface area contributed by atoms with Gasteiger partial charge in [-0.15, -0.1) is 0 Å². The van der Waals surface area contributed by atoms with Gasteiger partial charge in [0.15, 0.2) is 0 Å². The first-order valence-electron chi connectivity index (χ1n) is 5.81. The zero-order chi connectivity index (χ0) is 12.2. The van der Waals surface area contributed by atoms with Gasteiger partial charge in [-0.2, -0.15) is 5.26 Å². The molecule has 1 rings (SSSR count). The van der Waals surface area contributed by atoms with Crippen molar-refractivity contribution in [2.24, 2.45) is 11.3 Å². The number of aliphatic carboxylic acids is 1. The summed E-state index contributed by atoms with van der Waals surface area (Å²) in [7, 11) is 0. The number of likely N-dealkylation sites (tertiary alicyclic amines) is 1. The molecule has 1 unspecified atom stereocenters. The van der Waals surface area contributed by atoms with E-state index in [1.54, 1.807) is 13.8 Å². The second-order valence-electron chi connectivity index (χ2n) is 5.07. The van der Waals surface area contributed by atoms with E-state index >= 15 is 0 Å². The van der Waals surface area contributed by atoms with Gasteiger partial charge in [-0.3, -0.25) is 4.79 Å². The number of rotatable bonds is 4. The van der Waals surface area contributed by atoms with E-state index in [9.17, 15) is 9.90 Å². The van der Waals surface area contributed by atoms with Crippen LogP contribution in [0.2, 0.25) is 0 Å². The summed E-state index contributed by atoms with van der Waals surface area (Å²) >= 11 is 0. The monoisotopic (exact) mass is 224 g/mol. The number of hydrogen-bond acceptors (Lipinski definition) is 3. The molecule has 0 aromatic rings. The van der Waals surface area contributed by atoms with Gasteiger partial charge in [-0.1, -0.05) is 0 Å². The van der Waals surface area contributed by atoms with Crippen LogP contribution < -0.4 is 0 Å². The minimum atomic E-state index is -0.723. The van der Waals surface area contributed by atoms with Crippen molar-refractivity contribution < 1.29 is 9.90 Å². The van der Waals surface area contributed by atoms with Crippen LogP contribution in [0.1, 0.15) is 33.1 Å². The molecule has 0 aromatic heterocycles. The molecule has 0 amide bonds. The van der Waals surface area contributed by atoms with Crippen LogP contribution >= 0.6 is 0 Å². The molecule has 0 spiro atoms. The van der Waals surface area contributed by atoms with Gasteiger partial charge in [0.1, 0.15) is 0 Å². The molecule has 1 N–H and O–H groups in total. The Morgan fingerprint density at radius 2 is 2.31 bits per heavy atom. The van der Waals surface area contributed by atoms with Gasteiger partial charge >= 0.3 is 5.97 Å². The van der Waals surface area contributed by atoms with Crippen LogP contribution in [0.25, 0.3) is 0 Å². The molecule has 1 aliphatic rings. The maximum Gasteiger partial charge on any atom is 0.309 e. The summed E-state index contributed by atoms with van der Waals surface area (Å²) in [6.07, 6.45) is 2.54. The van der Waals surface area contributed by atoms with Crippen molar-refractivity contribution in [1.29, 1.82) is 5.26 Å². The third-order valence-electron chi connectivity index (χ3n) is 3.62. The predicted octanol–water partition coefficient (Wildman–Crippen LogP) is 1.72. The maximum absolute atomic E-state index is 11.2. The van der Waals surface area contributed by atoms with Crippen LogP contribution in [0, 0.1) is 22.7 Å². The summed E-state index contributed by atoms with van der Waals surface area (Å²) in [6, 6.07) is 2.13. The average Bonchev–Trinajstić information content (AvgIpc) is 2.26.